The number of anilines is 1. The van der Waals surface area contributed by atoms with Gasteiger partial charge < -0.3 is 10.2 Å². The second-order valence-corrected chi connectivity index (χ2v) is 7.05. The fourth-order valence-electron chi connectivity index (χ4n) is 3.39. The number of carbonyl (C=O) groups is 2. The molecule has 2 rings (SSSR count). The van der Waals surface area contributed by atoms with Gasteiger partial charge in [-0.25, -0.2) is 0 Å². The Balaban J connectivity index is 1.87. The third-order valence-corrected chi connectivity index (χ3v) is 5.05. The maximum atomic E-state index is 12.5. The van der Waals surface area contributed by atoms with E-state index in [1.807, 2.05) is 24.3 Å². The van der Waals surface area contributed by atoms with E-state index in [1.165, 1.54) is 5.56 Å². The average Bonchev–Trinajstić information content (AvgIpc) is 2.71. The van der Waals surface area contributed by atoms with Crippen LogP contribution in [0.15, 0.2) is 48.5 Å². The van der Waals surface area contributed by atoms with E-state index in [4.69, 9.17) is 0 Å². The van der Waals surface area contributed by atoms with Crippen LogP contribution < -0.4 is 5.32 Å². The minimum Gasteiger partial charge on any atom is -0.342 e. The van der Waals surface area contributed by atoms with Crippen molar-refractivity contribution in [2.45, 2.75) is 52.9 Å². The molecule has 0 aliphatic heterocycles. The highest BCUT2D eigenvalue weighted by Crippen LogP contribution is 2.22. The standard InChI is InChI=1S/C24H32N2O2/c1-4-21-14-9-15-22(5-2)24(21)25-23(28)16-18-26(19(3)27)17-10-13-20-11-7-6-8-12-20/h6-9,11-12,14-15H,4-5,10,13,16-18H2,1-3H3,(H,25,28). The fraction of sp³-hybridized carbons (Fsp3) is 0.417. The number of hydrogen-bond acceptors (Lipinski definition) is 2. The SMILES string of the molecule is CCc1cccc(CC)c1NC(=O)CCN(CCCc1ccccc1)C(C)=O. The molecule has 0 saturated heterocycles. The van der Waals surface area contributed by atoms with Gasteiger partial charge in [0.2, 0.25) is 11.8 Å². The van der Waals surface area contributed by atoms with Gasteiger partial charge in [0.1, 0.15) is 0 Å². The number of amides is 2. The van der Waals surface area contributed by atoms with E-state index < -0.39 is 0 Å². The summed E-state index contributed by atoms with van der Waals surface area (Å²) in [5.41, 5.74) is 4.51. The van der Waals surface area contributed by atoms with Crippen LogP contribution in [-0.2, 0) is 28.9 Å². The Hall–Kier alpha value is -2.62. The number of nitrogens with one attached hydrogen (secondary N) is 1. The summed E-state index contributed by atoms with van der Waals surface area (Å²) in [6, 6.07) is 16.4. The van der Waals surface area contributed by atoms with Crippen molar-refractivity contribution in [1.29, 1.82) is 0 Å². The van der Waals surface area contributed by atoms with Gasteiger partial charge in [0, 0.05) is 32.1 Å². The smallest absolute Gasteiger partial charge is 0.226 e. The predicted molar refractivity (Wildman–Crippen MR) is 115 cm³/mol. The van der Waals surface area contributed by atoms with Crippen molar-refractivity contribution >= 4 is 17.5 Å². The van der Waals surface area contributed by atoms with E-state index in [9.17, 15) is 9.59 Å². The third-order valence-electron chi connectivity index (χ3n) is 5.05. The van der Waals surface area contributed by atoms with Gasteiger partial charge in [-0.05, 0) is 42.4 Å². The molecule has 4 heteroatoms. The van der Waals surface area contributed by atoms with Crippen LogP contribution in [0, 0.1) is 0 Å². The van der Waals surface area contributed by atoms with E-state index in [0.29, 0.717) is 19.5 Å². The van der Waals surface area contributed by atoms with Crippen LogP contribution in [0.3, 0.4) is 0 Å². The van der Waals surface area contributed by atoms with E-state index in [1.54, 1.807) is 11.8 Å². The molecule has 0 aliphatic rings. The van der Waals surface area contributed by atoms with Gasteiger partial charge in [-0.15, -0.1) is 0 Å². The lowest BCUT2D eigenvalue weighted by Crippen LogP contribution is -2.33. The van der Waals surface area contributed by atoms with Gasteiger partial charge >= 0.3 is 0 Å². The van der Waals surface area contributed by atoms with E-state index in [0.717, 1.165) is 42.5 Å². The Morgan fingerprint density at radius 3 is 2.11 bits per heavy atom. The van der Waals surface area contributed by atoms with E-state index in [2.05, 4.69) is 43.4 Å². The summed E-state index contributed by atoms with van der Waals surface area (Å²) in [4.78, 5) is 26.2. The molecule has 150 valence electrons. The summed E-state index contributed by atoms with van der Waals surface area (Å²) in [6.07, 6.45) is 3.89. The minimum atomic E-state index is -0.0371. The first-order valence-electron chi connectivity index (χ1n) is 10.2. The van der Waals surface area contributed by atoms with Gasteiger partial charge in [0.15, 0.2) is 0 Å². The Labute approximate surface area is 169 Å². The molecule has 0 unspecified atom stereocenters. The first-order chi connectivity index (χ1) is 13.5. The molecule has 1 N–H and O–H groups in total. The van der Waals surface area contributed by atoms with Crippen LogP contribution in [0.1, 0.15) is 50.3 Å². The summed E-state index contributed by atoms with van der Waals surface area (Å²) in [7, 11) is 0. The molecule has 2 aromatic carbocycles. The lowest BCUT2D eigenvalue weighted by atomic mass is 10.0. The Morgan fingerprint density at radius 2 is 1.54 bits per heavy atom. The molecule has 0 bridgehead atoms. The zero-order valence-electron chi connectivity index (χ0n) is 17.3. The van der Waals surface area contributed by atoms with Gasteiger partial charge in [-0.3, -0.25) is 9.59 Å². The number of carbonyl (C=O) groups excluding carboxylic acids is 2. The number of hydrogen-bond donors (Lipinski definition) is 1. The number of nitrogens with zero attached hydrogens (tertiary/aromatic N) is 1. The number of rotatable bonds is 10. The number of aryl methyl sites for hydroxylation is 3. The fourth-order valence-corrected chi connectivity index (χ4v) is 3.39. The van der Waals surface area contributed by atoms with Crippen LogP contribution in [0.25, 0.3) is 0 Å². The van der Waals surface area contributed by atoms with E-state index >= 15 is 0 Å². The van der Waals surface area contributed by atoms with Crippen LogP contribution in [-0.4, -0.2) is 29.8 Å². The van der Waals surface area contributed by atoms with Crippen molar-refractivity contribution in [3.63, 3.8) is 0 Å². The van der Waals surface area contributed by atoms with Gasteiger partial charge in [-0.2, -0.15) is 0 Å². The Kier molecular flexibility index (Phi) is 8.73. The lowest BCUT2D eigenvalue weighted by molar-refractivity contribution is -0.129. The highest BCUT2D eigenvalue weighted by atomic mass is 16.2. The summed E-state index contributed by atoms with van der Waals surface area (Å²) in [5.74, 6) is -0.0195. The molecular weight excluding hydrogens is 348 g/mol. The molecule has 0 radical (unpaired) electrons. The minimum absolute atomic E-state index is 0.0177. The Morgan fingerprint density at radius 1 is 0.893 bits per heavy atom. The average molecular weight is 381 g/mol. The molecule has 2 amide bonds. The second-order valence-electron chi connectivity index (χ2n) is 7.05. The normalized spacial score (nSPS) is 10.5. The van der Waals surface area contributed by atoms with Crippen molar-refractivity contribution in [3.8, 4) is 0 Å². The summed E-state index contributed by atoms with van der Waals surface area (Å²) >= 11 is 0. The van der Waals surface area contributed by atoms with Crippen LogP contribution in [0.2, 0.25) is 0 Å². The maximum absolute atomic E-state index is 12.5. The van der Waals surface area contributed by atoms with Crippen molar-refractivity contribution in [2.75, 3.05) is 18.4 Å². The monoisotopic (exact) mass is 380 g/mol. The first-order valence-corrected chi connectivity index (χ1v) is 10.2. The molecule has 0 aromatic heterocycles. The van der Waals surface area contributed by atoms with Crippen molar-refractivity contribution in [2.24, 2.45) is 0 Å². The zero-order valence-corrected chi connectivity index (χ0v) is 17.3. The molecule has 0 fully saturated rings. The number of para-hydroxylation sites is 1. The van der Waals surface area contributed by atoms with Crippen molar-refractivity contribution in [3.05, 3.63) is 65.2 Å². The van der Waals surface area contributed by atoms with Crippen molar-refractivity contribution in [1.82, 2.24) is 4.90 Å². The highest BCUT2D eigenvalue weighted by molar-refractivity contribution is 5.92. The molecule has 28 heavy (non-hydrogen) atoms. The predicted octanol–water partition coefficient (Wildman–Crippen LogP) is 4.62. The quantitative estimate of drug-likeness (QED) is 0.654. The molecule has 0 spiro atoms. The zero-order chi connectivity index (χ0) is 20.4. The molecule has 4 nitrogen and oxygen atoms in total. The largest absolute Gasteiger partial charge is 0.342 e. The molecule has 0 saturated carbocycles. The van der Waals surface area contributed by atoms with E-state index in [-0.39, 0.29) is 11.8 Å². The van der Waals surface area contributed by atoms with Crippen LogP contribution in [0.4, 0.5) is 5.69 Å². The maximum Gasteiger partial charge on any atom is 0.226 e. The first kappa shape index (κ1) is 21.7. The Bertz CT molecular complexity index is 749. The third kappa shape index (κ3) is 6.52. The molecule has 0 heterocycles. The molecule has 0 aliphatic carbocycles. The topological polar surface area (TPSA) is 49.4 Å². The van der Waals surface area contributed by atoms with Crippen LogP contribution in [0.5, 0.6) is 0 Å². The summed E-state index contributed by atoms with van der Waals surface area (Å²) < 4.78 is 0. The molecule has 0 atom stereocenters. The lowest BCUT2D eigenvalue weighted by Gasteiger charge is -2.21. The molecular formula is C24H32N2O2. The highest BCUT2D eigenvalue weighted by Gasteiger charge is 2.13. The summed E-state index contributed by atoms with van der Waals surface area (Å²) in [6.45, 7) is 6.88. The second kappa shape index (κ2) is 11.3. The summed E-state index contributed by atoms with van der Waals surface area (Å²) in [5, 5.41) is 3.08. The number of benzene rings is 2. The van der Waals surface area contributed by atoms with Gasteiger partial charge in [0.05, 0.1) is 0 Å². The van der Waals surface area contributed by atoms with Gasteiger partial charge in [-0.1, -0.05) is 62.4 Å². The molecule has 2 aromatic rings. The van der Waals surface area contributed by atoms with Gasteiger partial charge in [0.25, 0.3) is 0 Å². The van der Waals surface area contributed by atoms with Crippen molar-refractivity contribution < 1.29 is 9.59 Å². The van der Waals surface area contributed by atoms with Crippen LogP contribution >= 0.6 is 0 Å².